The van der Waals surface area contributed by atoms with Crippen LogP contribution in [0.4, 0.5) is 17.5 Å². The van der Waals surface area contributed by atoms with E-state index in [0.29, 0.717) is 18.4 Å². The van der Waals surface area contributed by atoms with Gasteiger partial charge in [-0.3, -0.25) is 0 Å². The molecule has 0 bridgehead atoms. The molecule has 2 N–H and O–H groups in total. The number of anilines is 3. The van der Waals surface area contributed by atoms with Crippen molar-refractivity contribution in [2.45, 2.75) is 26.2 Å². The molecule has 6 heteroatoms. The molecule has 0 saturated carbocycles. The second-order valence-corrected chi connectivity index (χ2v) is 7.00. The molecular weight excluding hydrogens is 364 g/mol. The van der Waals surface area contributed by atoms with Gasteiger partial charge in [0, 0.05) is 18.4 Å². The van der Waals surface area contributed by atoms with Crippen molar-refractivity contribution < 1.29 is 9.47 Å². The van der Waals surface area contributed by atoms with Crippen LogP contribution in [0.5, 0.6) is 11.5 Å². The minimum Gasteiger partial charge on any atom is -0.493 e. The highest BCUT2D eigenvalue weighted by atomic mass is 16.5. The van der Waals surface area contributed by atoms with E-state index < -0.39 is 0 Å². The first kappa shape index (κ1) is 20.5. The van der Waals surface area contributed by atoms with Crippen LogP contribution in [0.2, 0.25) is 0 Å². The maximum atomic E-state index is 5.36. The lowest BCUT2D eigenvalue weighted by atomic mass is 10.0. The van der Waals surface area contributed by atoms with E-state index in [1.807, 2.05) is 30.3 Å². The molecule has 0 unspecified atom stereocenters. The molecular formula is C23H28N4O2. The molecule has 3 aromatic rings. The van der Waals surface area contributed by atoms with Crippen LogP contribution in [0.1, 0.15) is 30.9 Å². The van der Waals surface area contributed by atoms with Gasteiger partial charge in [0.25, 0.3) is 0 Å². The van der Waals surface area contributed by atoms with Gasteiger partial charge in [0.15, 0.2) is 11.5 Å². The fourth-order valence-corrected chi connectivity index (χ4v) is 3.12. The third-order valence-corrected chi connectivity index (χ3v) is 4.65. The Morgan fingerprint density at radius 1 is 0.966 bits per heavy atom. The fraction of sp³-hybridized carbons (Fsp3) is 0.304. The lowest BCUT2D eigenvalue weighted by molar-refractivity contribution is 0.354. The average molecular weight is 393 g/mol. The Balaban J connectivity index is 1.62. The molecule has 6 nitrogen and oxygen atoms in total. The number of benzene rings is 2. The third-order valence-electron chi connectivity index (χ3n) is 4.65. The Kier molecular flexibility index (Phi) is 6.89. The van der Waals surface area contributed by atoms with Crippen molar-refractivity contribution in [2.75, 3.05) is 31.4 Å². The van der Waals surface area contributed by atoms with Crippen LogP contribution >= 0.6 is 0 Å². The number of hydrogen-bond acceptors (Lipinski definition) is 6. The zero-order valence-electron chi connectivity index (χ0n) is 17.4. The normalized spacial score (nSPS) is 10.7. The lowest BCUT2D eigenvalue weighted by Crippen LogP contribution is -2.09. The molecule has 3 rings (SSSR count). The summed E-state index contributed by atoms with van der Waals surface area (Å²) in [5.41, 5.74) is 3.47. The van der Waals surface area contributed by atoms with Crippen molar-refractivity contribution in [1.82, 2.24) is 9.97 Å². The number of rotatable bonds is 9. The van der Waals surface area contributed by atoms with Gasteiger partial charge in [-0.25, -0.2) is 4.98 Å². The minimum atomic E-state index is 0.430. The summed E-state index contributed by atoms with van der Waals surface area (Å²) in [6.07, 6.45) is 2.57. The zero-order chi connectivity index (χ0) is 20.6. The van der Waals surface area contributed by atoms with Crippen LogP contribution in [0, 0.1) is 0 Å². The Hall–Kier alpha value is -3.28. The van der Waals surface area contributed by atoms with Crippen LogP contribution in [-0.2, 0) is 6.42 Å². The van der Waals surface area contributed by atoms with Crippen molar-refractivity contribution in [3.05, 3.63) is 65.9 Å². The summed E-state index contributed by atoms with van der Waals surface area (Å²) in [5.74, 6) is 3.25. The van der Waals surface area contributed by atoms with E-state index in [1.165, 1.54) is 5.56 Å². The summed E-state index contributed by atoms with van der Waals surface area (Å²) in [6.45, 7) is 5.07. The topological polar surface area (TPSA) is 68.3 Å². The van der Waals surface area contributed by atoms with Gasteiger partial charge < -0.3 is 20.1 Å². The first-order chi connectivity index (χ1) is 14.1. The molecule has 2 aromatic carbocycles. The van der Waals surface area contributed by atoms with E-state index in [0.717, 1.165) is 35.0 Å². The highest BCUT2D eigenvalue weighted by Crippen LogP contribution is 2.28. The molecule has 0 amide bonds. The van der Waals surface area contributed by atoms with Crippen molar-refractivity contribution in [2.24, 2.45) is 0 Å². The third kappa shape index (κ3) is 5.38. The molecule has 29 heavy (non-hydrogen) atoms. The van der Waals surface area contributed by atoms with Gasteiger partial charge in [0.2, 0.25) is 5.95 Å². The molecule has 0 saturated heterocycles. The Bertz CT molecular complexity index is 944. The van der Waals surface area contributed by atoms with Crippen LogP contribution in [0.3, 0.4) is 0 Å². The van der Waals surface area contributed by atoms with Gasteiger partial charge in [-0.05, 0) is 47.7 Å². The number of aromatic nitrogens is 2. The predicted molar refractivity (Wildman–Crippen MR) is 118 cm³/mol. The van der Waals surface area contributed by atoms with Crippen molar-refractivity contribution >= 4 is 17.5 Å². The molecule has 0 fully saturated rings. The standard InChI is InChI=1S/C23H28N4O2/c1-16(2)18-7-5-6-8-19(18)26-22-12-14-25-23(27-22)24-13-11-17-9-10-20(28-3)21(15-17)29-4/h5-10,12,14-16H,11,13H2,1-4H3,(H2,24,25,26,27). The molecule has 152 valence electrons. The number of nitrogens with one attached hydrogen (secondary N) is 2. The summed E-state index contributed by atoms with van der Waals surface area (Å²) < 4.78 is 10.6. The quantitative estimate of drug-likeness (QED) is 0.533. The highest BCUT2D eigenvalue weighted by Gasteiger charge is 2.08. The fourth-order valence-electron chi connectivity index (χ4n) is 3.12. The van der Waals surface area contributed by atoms with Crippen molar-refractivity contribution in [1.29, 1.82) is 0 Å². The smallest absolute Gasteiger partial charge is 0.224 e. The summed E-state index contributed by atoms with van der Waals surface area (Å²) in [7, 11) is 3.28. The van der Waals surface area contributed by atoms with E-state index in [-0.39, 0.29) is 0 Å². The van der Waals surface area contributed by atoms with Crippen LogP contribution < -0.4 is 20.1 Å². The maximum Gasteiger partial charge on any atom is 0.224 e. The van der Waals surface area contributed by atoms with E-state index in [4.69, 9.17) is 9.47 Å². The molecule has 0 aliphatic carbocycles. The first-order valence-electron chi connectivity index (χ1n) is 9.74. The second-order valence-electron chi connectivity index (χ2n) is 7.00. The van der Waals surface area contributed by atoms with Crippen molar-refractivity contribution in [3.8, 4) is 11.5 Å². The van der Waals surface area contributed by atoms with Gasteiger partial charge in [-0.1, -0.05) is 38.1 Å². The van der Waals surface area contributed by atoms with E-state index in [2.05, 4.69) is 52.6 Å². The number of methoxy groups -OCH3 is 2. The Morgan fingerprint density at radius 2 is 1.76 bits per heavy atom. The summed E-state index contributed by atoms with van der Waals surface area (Å²) >= 11 is 0. The Morgan fingerprint density at radius 3 is 2.52 bits per heavy atom. The number of ether oxygens (including phenoxy) is 2. The van der Waals surface area contributed by atoms with Gasteiger partial charge in [-0.2, -0.15) is 4.98 Å². The maximum absolute atomic E-state index is 5.36. The lowest BCUT2D eigenvalue weighted by Gasteiger charge is -2.14. The largest absolute Gasteiger partial charge is 0.493 e. The average Bonchev–Trinajstić information content (AvgIpc) is 2.74. The van der Waals surface area contributed by atoms with Crippen LogP contribution in [0.15, 0.2) is 54.7 Å². The number of nitrogens with zero attached hydrogens (tertiary/aromatic N) is 2. The van der Waals surface area contributed by atoms with E-state index in [9.17, 15) is 0 Å². The van der Waals surface area contributed by atoms with Crippen LogP contribution in [-0.4, -0.2) is 30.7 Å². The van der Waals surface area contributed by atoms with Gasteiger partial charge in [0.1, 0.15) is 5.82 Å². The minimum absolute atomic E-state index is 0.430. The molecule has 0 aliphatic rings. The van der Waals surface area contributed by atoms with E-state index >= 15 is 0 Å². The van der Waals surface area contributed by atoms with Crippen LogP contribution in [0.25, 0.3) is 0 Å². The monoisotopic (exact) mass is 392 g/mol. The predicted octanol–water partition coefficient (Wildman–Crippen LogP) is 5.02. The molecule has 1 heterocycles. The number of hydrogen-bond donors (Lipinski definition) is 2. The molecule has 1 aromatic heterocycles. The van der Waals surface area contributed by atoms with Gasteiger partial charge >= 0.3 is 0 Å². The molecule has 0 aliphatic heterocycles. The summed E-state index contributed by atoms with van der Waals surface area (Å²) in [5, 5.41) is 6.70. The van der Waals surface area contributed by atoms with E-state index in [1.54, 1.807) is 20.4 Å². The number of para-hydroxylation sites is 1. The molecule has 0 spiro atoms. The first-order valence-corrected chi connectivity index (χ1v) is 9.74. The summed E-state index contributed by atoms with van der Waals surface area (Å²) in [4.78, 5) is 8.91. The van der Waals surface area contributed by atoms with Gasteiger partial charge in [0.05, 0.1) is 14.2 Å². The van der Waals surface area contributed by atoms with Gasteiger partial charge in [-0.15, -0.1) is 0 Å². The Labute approximate surface area is 172 Å². The molecule has 0 radical (unpaired) electrons. The second kappa shape index (κ2) is 9.78. The summed E-state index contributed by atoms with van der Waals surface area (Å²) in [6, 6.07) is 16.1. The van der Waals surface area contributed by atoms with Crippen molar-refractivity contribution in [3.63, 3.8) is 0 Å². The SMILES string of the molecule is COc1ccc(CCNc2nccc(Nc3ccccc3C(C)C)n2)cc1OC. The molecule has 0 atom stereocenters. The zero-order valence-corrected chi connectivity index (χ0v) is 17.4. The highest BCUT2D eigenvalue weighted by molar-refractivity contribution is 5.61.